The lowest BCUT2D eigenvalue weighted by Gasteiger charge is -2.32. The molecule has 1 aromatic carbocycles. The number of piperidine rings is 1. The van der Waals surface area contributed by atoms with E-state index in [4.69, 9.17) is 14.2 Å². The van der Waals surface area contributed by atoms with Crippen LogP contribution in [0, 0.1) is 12.8 Å². The first-order chi connectivity index (χ1) is 12.7. The summed E-state index contributed by atoms with van der Waals surface area (Å²) >= 11 is 1.56. The van der Waals surface area contributed by atoms with Crippen LogP contribution in [0.3, 0.4) is 0 Å². The van der Waals surface area contributed by atoms with Gasteiger partial charge in [0, 0.05) is 19.0 Å². The fourth-order valence-electron chi connectivity index (χ4n) is 3.76. The highest BCUT2D eigenvalue weighted by atomic mass is 32.1. The standard InChI is InChI=1S/C20H23NO4S/c1-13-5-7-26-20(13)18(22)15-4-3-6-21(11-15)10-14-8-16(23-2)19-17(9-14)24-12-25-19/h5,7-9,15H,3-4,6,10-12H2,1-2H3. The Hall–Kier alpha value is -2.05. The van der Waals surface area contributed by atoms with Gasteiger partial charge >= 0.3 is 0 Å². The van der Waals surface area contributed by atoms with Gasteiger partial charge in [0.1, 0.15) is 0 Å². The lowest BCUT2D eigenvalue weighted by molar-refractivity contribution is 0.0815. The number of ketones is 1. The number of thiophene rings is 1. The summed E-state index contributed by atoms with van der Waals surface area (Å²) in [4.78, 5) is 16.1. The molecule has 0 amide bonds. The summed E-state index contributed by atoms with van der Waals surface area (Å²) in [5.41, 5.74) is 2.21. The molecule has 1 atom stereocenters. The van der Waals surface area contributed by atoms with Crippen molar-refractivity contribution in [2.24, 2.45) is 5.92 Å². The van der Waals surface area contributed by atoms with Gasteiger partial charge in [-0.25, -0.2) is 0 Å². The van der Waals surface area contributed by atoms with Crippen LogP contribution in [0.2, 0.25) is 0 Å². The van der Waals surface area contributed by atoms with Crippen LogP contribution in [0.4, 0.5) is 0 Å². The van der Waals surface area contributed by atoms with Crippen molar-refractivity contribution in [2.75, 3.05) is 27.0 Å². The number of carbonyl (C=O) groups excluding carboxylic acids is 1. The number of aryl methyl sites for hydroxylation is 1. The molecule has 0 aliphatic carbocycles. The van der Waals surface area contributed by atoms with Crippen molar-refractivity contribution >= 4 is 17.1 Å². The van der Waals surface area contributed by atoms with Crippen molar-refractivity contribution in [2.45, 2.75) is 26.3 Å². The minimum atomic E-state index is 0.0806. The monoisotopic (exact) mass is 373 g/mol. The molecule has 0 radical (unpaired) electrons. The topological polar surface area (TPSA) is 48.0 Å². The van der Waals surface area contributed by atoms with E-state index in [1.54, 1.807) is 18.4 Å². The van der Waals surface area contributed by atoms with Crippen LogP contribution in [-0.2, 0) is 6.54 Å². The van der Waals surface area contributed by atoms with Crippen molar-refractivity contribution in [1.82, 2.24) is 4.90 Å². The molecule has 1 fully saturated rings. The van der Waals surface area contributed by atoms with Gasteiger partial charge in [-0.3, -0.25) is 9.69 Å². The molecule has 138 valence electrons. The number of Topliss-reactive ketones (excluding diaryl/α,β-unsaturated/α-hetero) is 1. The molecular formula is C20H23NO4S. The molecule has 1 unspecified atom stereocenters. The van der Waals surface area contributed by atoms with Gasteiger partial charge in [-0.05, 0) is 61.0 Å². The minimum absolute atomic E-state index is 0.0806. The number of nitrogens with zero attached hydrogens (tertiary/aromatic N) is 1. The molecule has 2 aliphatic rings. The summed E-state index contributed by atoms with van der Waals surface area (Å²) in [6, 6.07) is 6.04. The number of ether oxygens (including phenoxy) is 3. The van der Waals surface area contributed by atoms with Crippen LogP contribution in [0.1, 0.15) is 33.6 Å². The second-order valence-corrected chi connectivity index (χ2v) is 7.82. The summed E-state index contributed by atoms with van der Waals surface area (Å²) < 4.78 is 16.4. The smallest absolute Gasteiger partial charge is 0.231 e. The summed E-state index contributed by atoms with van der Waals surface area (Å²) in [7, 11) is 1.64. The van der Waals surface area contributed by atoms with E-state index < -0.39 is 0 Å². The Labute approximate surface area is 157 Å². The maximum Gasteiger partial charge on any atom is 0.231 e. The third-order valence-corrected chi connectivity index (χ3v) is 6.12. The predicted octanol–water partition coefficient (Wildman–Crippen LogP) is 3.89. The second-order valence-electron chi connectivity index (χ2n) is 6.90. The molecule has 26 heavy (non-hydrogen) atoms. The van der Waals surface area contributed by atoms with Crippen LogP contribution in [0.25, 0.3) is 0 Å². The number of hydrogen-bond donors (Lipinski definition) is 0. The first-order valence-corrected chi connectivity index (χ1v) is 9.81. The summed E-state index contributed by atoms with van der Waals surface area (Å²) in [6.07, 6.45) is 2.01. The Morgan fingerprint density at radius 2 is 2.27 bits per heavy atom. The van der Waals surface area contributed by atoms with E-state index in [9.17, 15) is 4.79 Å². The van der Waals surface area contributed by atoms with Gasteiger partial charge in [0.05, 0.1) is 12.0 Å². The Morgan fingerprint density at radius 1 is 1.38 bits per heavy atom. The van der Waals surface area contributed by atoms with E-state index >= 15 is 0 Å². The molecule has 1 aromatic heterocycles. The fourth-order valence-corrected chi connectivity index (χ4v) is 4.70. The van der Waals surface area contributed by atoms with Gasteiger partial charge in [0.15, 0.2) is 17.3 Å². The third-order valence-electron chi connectivity index (χ3n) is 5.09. The van der Waals surface area contributed by atoms with Crippen LogP contribution in [-0.4, -0.2) is 37.7 Å². The first-order valence-electron chi connectivity index (χ1n) is 8.93. The highest BCUT2D eigenvalue weighted by Gasteiger charge is 2.28. The molecule has 2 aromatic rings. The molecular weight excluding hydrogens is 350 g/mol. The van der Waals surface area contributed by atoms with Gasteiger partial charge in [0.2, 0.25) is 12.5 Å². The lowest BCUT2D eigenvalue weighted by atomic mass is 9.92. The zero-order valence-electron chi connectivity index (χ0n) is 15.1. The molecule has 4 rings (SSSR count). The highest BCUT2D eigenvalue weighted by molar-refractivity contribution is 7.12. The molecule has 5 nitrogen and oxygen atoms in total. The Kier molecular flexibility index (Phi) is 4.87. The molecule has 0 bridgehead atoms. The zero-order chi connectivity index (χ0) is 18.1. The molecule has 3 heterocycles. The average Bonchev–Trinajstić information content (AvgIpc) is 3.29. The van der Waals surface area contributed by atoms with Gasteiger partial charge in [-0.2, -0.15) is 0 Å². The van der Waals surface area contributed by atoms with Crippen LogP contribution in [0.5, 0.6) is 17.2 Å². The van der Waals surface area contributed by atoms with Crippen LogP contribution in [0.15, 0.2) is 23.6 Å². The molecule has 0 N–H and O–H groups in total. The second kappa shape index (κ2) is 7.29. The van der Waals surface area contributed by atoms with Crippen molar-refractivity contribution in [3.63, 3.8) is 0 Å². The average molecular weight is 373 g/mol. The number of carbonyl (C=O) groups is 1. The number of likely N-dealkylation sites (tertiary alicyclic amines) is 1. The zero-order valence-corrected chi connectivity index (χ0v) is 15.9. The molecule has 1 saturated heterocycles. The molecule has 2 aliphatic heterocycles. The van der Waals surface area contributed by atoms with Crippen molar-refractivity contribution < 1.29 is 19.0 Å². The third kappa shape index (κ3) is 3.31. The van der Waals surface area contributed by atoms with Crippen molar-refractivity contribution in [1.29, 1.82) is 0 Å². The molecule has 0 spiro atoms. The summed E-state index contributed by atoms with van der Waals surface area (Å²) in [5, 5.41) is 2.00. The number of rotatable bonds is 5. The van der Waals surface area contributed by atoms with Crippen LogP contribution < -0.4 is 14.2 Å². The van der Waals surface area contributed by atoms with Crippen molar-refractivity contribution in [3.05, 3.63) is 39.6 Å². The van der Waals surface area contributed by atoms with E-state index in [-0.39, 0.29) is 12.7 Å². The minimum Gasteiger partial charge on any atom is -0.493 e. The SMILES string of the molecule is COc1cc(CN2CCCC(C(=O)c3sccc3C)C2)cc2c1OCO2. The van der Waals surface area contributed by atoms with Gasteiger partial charge < -0.3 is 14.2 Å². The fraction of sp³-hybridized carbons (Fsp3) is 0.450. The maximum absolute atomic E-state index is 12.9. The predicted molar refractivity (Wildman–Crippen MR) is 101 cm³/mol. The number of hydrogen-bond acceptors (Lipinski definition) is 6. The Bertz CT molecular complexity index is 816. The Morgan fingerprint density at radius 3 is 3.04 bits per heavy atom. The molecule has 0 saturated carbocycles. The van der Waals surface area contributed by atoms with E-state index in [1.165, 1.54) is 0 Å². The number of fused-ring (bicyclic) bond motifs is 1. The quantitative estimate of drug-likeness (QED) is 0.744. The Balaban J connectivity index is 1.47. The number of benzene rings is 1. The first kappa shape index (κ1) is 17.4. The van der Waals surface area contributed by atoms with E-state index in [0.717, 1.165) is 54.2 Å². The van der Waals surface area contributed by atoms with Gasteiger partial charge in [-0.1, -0.05) is 0 Å². The largest absolute Gasteiger partial charge is 0.493 e. The van der Waals surface area contributed by atoms with Crippen LogP contribution >= 0.6 is 11.3 Å². The summed E-state index contributed by atoms with van der Waals surface area (Å²) in [5.74, 6) is 2.49. The van der Waals surface area contributed by atoms with E-state index in [1.807, 2.05) is 30.5 Å². The van der Waals surface area contributed by atoms with Crippen molar-refractivity contribution in [3.8, 4) is 17.2 Å². The maximum atomic E-state index is 12.9. The normalized spacial score (nSPS) is 19.5. The van der Waals surface area contributed by atoms with Gasteiger partial charge in [-0.15, -0.1) is 11.3 Å². The van der Waals surface area contributed by atoms with E-state index in [2.05, 4.69) is 4.90 Å². The lowest BCUT2D eigenvalue weighted by Crippen LogP contribution is -2.38. The van der Waals surface area contributed by atoms with E-state index in [0.29, 0.717) is 17.3 Å². The summed E-state index contributed by atoms with van der Waals surface area (Å²) in [6.45, 7) is 4.83. The van der Waals surface area contributed by atoms with Gasteiger partial charge in [0.25, 0.3) is 0 Å². The molecule has 6 heteroatoms. The highest BCUT2D eigenvalue weighted by Crippen LogP contribution is 2.42. The number of methoxy groups -OCH3 is 1.